The first kappa shape index (κ1) is 6.51. The van der Waals surface area contributed by atoms with E-state index in [0.717, 1.165) is 0 Å². The van der Waals surface area contributed by atoms with E-state index in [4.69, 9.17) is 10.2 Å². The number of carbonyl (C=O) groups is 1. The van der Waals surface area contributed by atoms with Crippen molar-refractivity contribution in [3.05, 3.63) is 0 Å². The first-order valence-electron chi connectivity index (χ1n) is 2.83. The second-order valence-electron chi connectivity index (χ2n) is 2.14. The Labute approximate surface area is 52.5 Å². The van der Waals surface area contributed by atoms with E-state index >= 15 is 0 Å². The number of amides is 1. The zero-order chi connectivity index (χ0) is 6.85. The summed E-state index contributed by atoms with van der Waals surface area (Å²) >= 11 is 0. The Bertz CT molecular complexity index is 125. The molecular weight excluding hydrogens is 122 g/mol. The maximum atomic E-state index is 10.4. The third-order valence-electron chi connectivity index (χ3n) is 1.35. The van der Waals surface area contributed by atoms with Crippen LogP contribution in [0.25, 0.3) is 0 Å². The standard InChI is InChI=1S/C5H9NO3/c7-3-1-5(9)6-2-4(3)8/h3-4,7-8H,1-2H2,(H,6,9). The van der Waals surface area contributed by atoms with Crippen LogP contribution in [0.3, 0.4) is 0 Å². The number of nitrogens with one attached hydrogen (secondary N) is 1. The summed E-state index contributed by atoms with van der Waals surface area (Å²) in [5, 5.41) is 20.1. The van der Waals surface area contributed by atoms with Gasteiger partial charge < -0.3 is 15.5 Å². The molecular formula is C5H9NO3. The average Bonchev–Trinajstić information content (AvgIpc) is 1.80. The quantitative estimate of drug-likeness (QED) is 0.364. The zero-order valence-electron chi connectivity index (χ0n) is 4.87. The van der Waals surface area contributed by atoms with Crippen molar-refractivity contribution >= 4 is 5.91 Å². The van der Waals surface area contributed by atoms with Crippen LogP contribution >= 0.6 is 0 Å². The second kappa shape index (κ2) is 2.33. The lowest BCUT2D eigenvalue weighted by Gasteiger charge is -2.22. The number of aliphatic hydroxyl groups is 2. The summed E-state index contributed by atoms with van der Waals surface area (Å²) in [6.07, 6.45) is -1.65. The molecule has 1 aliphatic heterocycles. The summed E-state index contributed by atoms with van der Waals surface area (Å²) in [5.41, 5.74) is 0. The molecule has 1 amide bonds. The van der Waals surface area contributed by atoms with E-state index in [1.807, 2.05) is 0 Å². The molecule has 9 heavy (non-hydrogen) atoms. The number of β-amino-alcohol motifs (C(OH)–C–C–N with tert-alkyl or cyclic N) is 1. The molecule has 0 bridgehead atoms. The van der Waals surface area contributed by atoms with Crippen LogP contribution in [0, 0.1) is 0 Å². The molecule has 0 aromatic carbocycles. The Morgan fingerprint density at radius 2 is 2.11 bits per heavy atom. The van der Waals surface area contributed by atoms with Gasteiger partial charge in [-0.1, -0.05) is 0 Å². The van der Waals surface area contributed by atoms with Crippen molar-refractivity contribution in [2.75, 3.05) is 6.54 Å². The Morgan fingerprint density at radius 1 is 1.44 bits per heavy atom. The summed E-state index contributed by atoms with van der Waals surface area (Å²) in [4.78, 5) is 10.4. The Morgan fingerprint density at radius 3 is 2.56 bits per heavy atom. The largest absolute Gasteiger partial charge is 0.390 e. The molecule has 4 heteroatoms. The third-order valence-corrected chi connectivity index (χ3v) is 1.35. The van der Waals surface area contributed by atoms with Crippen LogP contribution in [0.1, 0.15) is 6.42 Å². The lowest BCUT2D eigenvalue weighted by molar-refractivity contribution is -0.129. The Balaban J connectivity index is 2.44. The second-order valence-corrected chi connectivity index (χ2v) is 2.14. The fraction of sp³-hybridized carbons (Fsp3) is 0.800. The predicted molar refractivity (Wildman–Crippen MR) is 29.6 cm³/mol. The molecule has 0 radical (unpaired) electrons. The van der Waals surface area contributed by atoms with Gasteiger partial charge in [0.15, 0.2) is 0 Å². The van der Waals surface area contributed by atoms with Crippen molar-refractivity contribution < 1.29 is 15.0 Å². The molecule has 0 spiro atoms. The third kappa shape index (κ3) is 1.40. The smallest absolute Gasteiger partial charge is 0.222 e. The number of piperidine rings is 1. The fourth-order valence-electron chi connectivity index (χ4n) is 0.753. The van der Waals surface area contributed by atoms with Gasteiger partial charge in [-0.15, -0.1) is 0 Å². The van der Waals surface area contributed by atoms with Gasteiger partial charge >= 0.3 is 0 Å². The molecule has 0 saturated carbocycles. The van der Waals surface area contributed by atoms with Gasteiger partial charge in [-0.3, -0.25) is 4.79 Å². The molecule has 0 aromatic rings. The monoisotopic (exact) mass is 131 g/mol. The first-order valence-corrected chi connectivity index (χ1v) is 2.83. The van der Waals surface area contributed by atoms with Gasteiger partial charge in [0.2, 0.25) is 5.91 Å². The molecule has 52 valence electrons. The highest BCUT2D eigenvalue weighted by molar-refractivity contribution is 5.77. The number of rotatable bonds is 0. The zero-order valence-corrected chi connectivity index (χ0v) is 4.87. The van der Waals surface area contributed by atoms with Gasteiger partial charge in [0.25, 0.3) is 0 Å². The molecule has 1 saturated heterocycles. The van der Waals surface area contributed by atoms with Gasteiger partial charge in [0, 0.05) is 6.54 Å². The average molecular weight is 131 g/mol. The molecule has 0 aliphatic carbocycles. The molecule has 2 unspecified atom stereocenters. The Kier molecular flexibility index (Phi) is 1.68. The minimum absolute atomic E-state index is 0.0150. The molecule has 1 heterocycles. The van der Waals surface area contributed by atoms with Gasteiger partial charge in [-0.05, 0) is 0 Å². The molecule has 4 nitrogen and oxygen atoms in total. The molecule has 3 N–H and O–H groups in total. The lowest BCUT2D eigenvalue weighted by Crippen LogP contribution is -2.47. The van der Waals surface area contributed by atoms with Crippen molar-refractivity contribution in [2.45, 2.75) is 18.6 Å². The van der Waals surface area contributed by atoms with Crippen molar-refractivity contribution in [2.24, 2.45) is 0 Å². The molecule has 1 fully saturated rings. The van der Waals surface area contributed by atoms with Crippen molar-refractivity contribution in [3.8, 4) is 0 Å². The van der Waals surface area contributed by atoms with Gasteiger partial charge in [0.1, 0.15) is 0 Å². The van der Waals surface area contributed by atoms with Crippen LogP contribution in [0.5, 0.6) is 0 Å². The topological polar surface area (TPSA) is 69.6 Å². The van der Waals surface area contributed by atoms with E-state index < -0.39 is 12.2 Å². The van der Waals surface area contributed by atoms with E-state index in [0.29, 0.717) is 0 Å². The summed E-state index contributed by atoms with van der Waals surface area (Å²) in [7, 11) is 0. The van der Waals surface area contributed by atoms with Crippen molar-refractivity contribution in [3.63, 3.8) is 0 Å². The maximum absolute atomic E-state index is 10.4. The van der Waals surface area contributed by atoms with Crippen LogP contribution in [-0.2, 0) is 4.79 Å². The summed E-state index contributed by atoms with van der Waals surface area (Å²) in [6, 6.07) is 0. The van der Waals surface area contributed by atoms with Crippen LogP contribution in [0.15, 0.2) is 0 Å². The molecule has 1 aliphatic rings. The summed E-state index contributed by atoms with van der Waals surface area (Å²) in [6.45, 7) is 0.167. The Hall–Kier alpha value is -0.610. The maximum Gasteiger partial charge on any atom is 0.222 e. The van der Waals surface area contributed by atoms with Crippen LogP contribution in [-0.4, -0.2) is 34.9 Å². The summed E-state index contributed by atoms with van der Waals surface area (Å²) in [5.74, 6) is -0.201. The van der Waals surface area contributed by atoms with E-state index in [-0.39, 0.29) is 18.9 Å². The number of hydrogen-bond acceptors (Lipinski definition) is 3. The lowest BCUT2D eigenvalue weighted by atomic mass is 10.1. The SMILES string of the molecule is O=C1CC(O)C(O)CN1. The van der Waals surface area contributed by atoms with Crippen LogP contribution in [0.4, 0.5) is 0 Å². The number of carbonyl (C=O) groups excluding carboxylic acids is 1. The molecule has 2 atom stereocenters. The van der Waals surface area contributed by atoms with Gasteiger partial charge in [0.05, 0.1) is 18.6 Å². The molecule has 0 aromatic heterocycles. The predicted octanol–water partition coefficient (Wildman–Crippen LogP) is -1.77. The normalized spacial score (nSPS) is 36.0. The van der Waals surface area contributed by atoms with E-state index in [9.17, 15) is 4.79 Å². The van der Waals surface area contributed by atoms with E-state index in [1.54, 1.807) is 0 Å². The minimum atomic E-state index is -0.876. The first-order chi connectivity index (χ1) is 4.20. The van der Waals surface area contributed by atoms with Gasteiger partial charge in [-0.25, -0.2) is 0 Å². The summed E-state index contributed by atoms with van der Waals surface area (Å²) < 4.78 is 0. The highest BCUT2D eigenvalue weighted by Crippen LogP contribution is 2.02. The highest BCUT2D eigenvalue weighted by atomic mass is 16.3. The van der Waals surface area contributed by atoms with E-state index in [1.165, 1.54) is 0 Å². The van der Waals surface area contributed by atoms with Crippen molar-refractivity contribution in [1.82, 2.24) is 5.32 Å². The van der Waals surface area contributed by atoms with E-state index in [2.05, 4.69) is 5.32 Å². The number of hydrogen-bond donors (Lipinski definition) is 3. The van der Waals surface area contributed by atoms with Crippen LogP contribution in [0.2, 0.25) is 0 Å². The highest BCUT2D eigenvalue weighted by Gasteiger charge is 2.24. The number of aliphatic hydroxyl groups excluding tert-OH is 2. The fourth-order valence-corrected chi connectivity index (χ4v) is 0.753. The van der Waals surface area contributed by atoms with Crippen LogP contribution < -0.4 is 5.32 Å². The van der Waals surface area contributed by atoms with Crippen molar-refractivity contribution in [1.29, 1.82) is 0 Å². The van der Waals surface area contributed by atoms with Gasteiger partial charge in [-0.2, -0.15) is 0 Å². The minimum Gasteiger partial charge on any atom is -0.390 e. The molecule has 1 rings (SSSR count).